The molecule has 0 radical (unpaired) electrons. The summed E-state index contributed by atoms with van der Waals surface area (Å²) in [7, 11) is 0. The molecule has 0 saturated carbocycles. The van der Waals surface area contributed by atoms with Gasteiger partial charge >= 0.3 is 0 Å². The van der Waals surface area contributed by atoms with E-state index in [0.29, 0.717) is 29.4 Å². The Kier molecular flexibility index (Phi) is 5.49. The van der Waals surface area contributed by atoms with Gasteiger partial charge in [0, 0.05) is 24.0 Å². The molecular weight excluding hydrogens is 426 g/mol. The van der Waals surface area contributed by atoms with Gasteiger partial charge < -0.3 is 17.2 Å². The van der Waals surface area contributed by atoms with Crippen LogP contribution in [-0.2, 0) is 17.8 Å². The summed E-state index contributed by atoms with van der Waals surface area (Å²) in [6, 6.07) is 23.1. The van der Waals surface area contributed by atoms with Crippen LogP contribution in [0.1, 0.15) is 11.1 Å². The minimum Gasteiger partial charge on any atom is -0.383 e. The van der Waals surface area contributed by atoms with Crippen LogP contribution in [0.25, 0.3) is 39.5 Å². The van der Waals surface area contributed by atoms with E-state index >= 15 is 0 Å². The van der Waals surface area contributed by atoms with Crippen LogP contribution in [0.3, 0.4) is 0 Å². The van der Waals surface area contributed by atoms with Gasteiger partial charge in [0.25, 0.3) is 0 Å². The van der Waals surface area contributed by atoms with Crippen LogP contribution in [0.2, 0.25) is 0 Å². The standard InChI is InChI=1S/C26H23N7O/c27-15-16-6-8-19(9-7-16)33-25(20-5-2-12-30-24(20)29)32-22-11-10-21(31-26(22)33)18-4-1-3-17(13-18)14-23(28)34/h1-13H,14-15,27H2,(H2,28,34)(H2,29,30). The lowest BCUT2D eigenvalue weighted by molar-refractivity contribution is -0.117. The maximum absolute atomic E-state index is 11.4. The van der Waals surface area contributed by atoms with Crippen molar-refractivity contribution in [1.82, 2.24) is 19.5 Å². The number of primary amides is 1. The molecule has 0 fully saturated rings. The summed E-state index contributed by atoms with van der Waals surface area (Å²) in [5, 5.41) is 0. The average Bonchev–Trinajstić information content (AvgIpc) is 3.22. The maximum Gasteiger partial charge on any atom is 0.221 e. The minimum atomic E-state index is -0.377. The molecule has 2 aromatic carbocycles. The molecule has 0 spiro atoms. The highest BCUT2D eigenvalue weighted by atomic mass is 16.1. The lowest BCUT2D eigenvalue weighted by Gasteiger charge is -2.11. The number of carbonyl (C=O) groups is 1. The third-order valence-electron chi connectivity index (χ3n) is 5.62. The highest BCUT2D eigenvalue weighted by Gasteiger charge is 2.18. The summed E-state index contributed by atoms with van der Waals surface area (Å²) in [6.07, 6.45) is 1.82. The second-order valence-corrected chi connectivity index (χ2v) is 7.96. The molecule has 0 unspecified atom stereocenters. The van der Waals surface area contributed by atoms with Gasteiger partial charge in [-0.2, -0.15) is 0 Å². The predicted molar refractivity (Wildman–Crippen MR) is 133 cm³/mol. The zero-order valence-electron chi connectivity index (χ0n) is 18.3. The summed E-state index contributed by atoms with van der Waals surface area (Å²) in [6.45, 7) is 0.456. The zero-order chi connectivity index (χ0) is 23.7. The van der Waals surface area contributed by atoms with Crippen molar-refractivity contribution in [2.45, 2.75) is 13.0 Å². The first-order valence-electron chi connectivity index (χ1n) is 10.8. The monoisotopic (exact) mass is 449 g/mol. The number of aromatic nitrogens is 4. The Morgan fingerprint density at radius 1 is 0.912 bits per heavy atom. The number of imidazole rings is 1. The highest BCUT2D eigenvalue weighted by Crippen LogP contribution is 2.31. The van der Waals surface area contributed by atoms with E-state index in [4.69, 9.17) is 27.2 Å². The molecule has 1 amide bonds. The number of pyridine rings is 2. The van der Waals surface area contributed by atoms with Crippen LogP contribution in [0, 0.1) is 0 Å². The number of carbonyl (C=O) groups excluding carboxylic acids is 1. The van der Waals surface area contributed by atoms with Gasteiger partial charge in [-0.1, -0.05) is 30.3 Å². The molecule has 8 nitrogen and oxygen atoms in total. The lowest BCUT2D eigenvalue weighted by Crippen LogP contribution is -2.13. The Morgan fingerprint density at radius 3 is 2.47 bits per heavy atom. The van der Waals surface area contributed by atoms with Crippen molar-refractivity contribution < 1.29 is 4.79 Å². The van der Waals surface area contributed by atoms with Gasteiger partial charge in [0.05, 0.1) is 17.7 Å². The van der Waals surface area contributed by atoms with Gasteiger partial charge in [-0.05, 0) is 53.6 Å². The number of nitrogens with two attached hydrogens (primary N) is 3. The van der Waals surface area contributed by atoms with E-state index in [2.05, 4.69) is 4.98 Å². The number of fused-ring (bicyclic) bond motifs is 1. The first-order chi connectivity index (χ1) is 16.5. The molecule has 168 valence electrons. The Hall–Kier alpha value is -4.56. The Balaban J connectivity index is 1.72. The lowest BCUT2D eigenvalue weighted by atomic mass is 10.1. The zero-order valence-corrected chi connectivity index (χ0v) is 18.3. The van der Waals surface area contributed by atoms with Crippen molar-refractivity contribution in [3.63, 3.8) is 0 Å². The fourth-order valence-corrected chi connectivity index (χ4v) is 3.97. The number of nitrogens with zero attached hydrogens (tertiary/aromatic N) is 4. The molecule has 5 rings (SSSR count). The van der Waals surface area contributed by atoms with Crippen molar-refractivity contribution in [1.29, 1.82) is 0 Å². The number of rotatable bonds is 6. The van der Waals surface area contributed by atoms with Gasteiger partial charge in [0.1, 0.15) is 11.3 Å². The van der Waals surface area contributed by atoms with Gasteiger partial charge in [-0.3, -0.25) is 9.36 Å². The quantitative estimate of drug-likeness (QED) is 0.364. The molecule has 0 saturated heterocycles. The third kappa shape index (κ3) is 3.98. The van der Waals surface area contributed by atoms with Gasteiger partial charge in [0.2, 0.25) is 5.91 Å². The fourth-order valence-electron chi connectivity index (χ4n) is 3.97. The second kappa shape index (κ2) is 8.76. The van der Waals surface area contributed by atoms with E-state index in [1.807, 2.05) is 77.4 Å². The van der Waals surface area contributed by atoms with Crippen LogP contribution in [0.5, 0.6) is 0 Å². The number of hydrogen-bond donors (Lipinski definition) is 3. The van der Waals surface area contributed by atoms with E-state index < -0.39 is 0 Å². The molecule has 5 aromatic rings. The molecule has 8 heteroatoms. The molecular formula is C26H23N7O. The highest BCUT2D eigenvalue weighted by molar-refractivity contribution is 5.84. The summed E-state index contributed by atoms with van der Waals surface area (Å²) >= 11 is 0. The summed E-state index contributed by atoms with van der Waals surface area (Å²) < 4.78 is 1.97. The molecule has 0 aliphatic heterocycles. The van der Waals surface area contributed by atoms with E-state index in [0.717, 1.165) is 33.6 Å². The van der Waals surface area contributed by atoms with Crippen LogP contribution < -0.4 is 17.2 Å². The number of anilines is 1. The van der Waals surface area contributed by atoms with E-state index in [1.54, 1.807) is 6.20 Å². The van der Waals surface area contributed by atoms with Crippen molar-refractivity contribution in [2.24, 2.45) is 11.5 Å². The molecule has 6 N–H and O–H groups in total. The van der Waals surface area contributed by atoms with Gasteiger partial charge in [-0.15, -0.1) is 0 Å². The van der Waals surface area contributed by atoms with Crippen molar-refractivity contribution in [3.05, 3.63) is 90.1 Å². The van der Waals surface area contributed by atoms with Gasteiger partial charge in [0.15, 0.2) is 11.5 Å². The molecule has 0 aliphatic carbocycles. The van der Waals surface area contributed by atoms with Crippen molar-refractivity contribution >= 4 is 22.9 Å². The van der Waals surface area contributed by atoms with Crippen LogP contribution in [0.4, 0.5) is 5.82 Å². The van der Waals surface area contributed by atoms with Crippen LogP contribution in [-0.4, -0.2) is 25.4 Å². The summed E-state index contributed by atoms with van der Waals surface area (Å²) in [5.74, 6) is 0.656. The summed E-state index contributed by atoms with van der Waals surface area (Å²) in [4.78, 5) is 25.4. The molecule has 0 aliphatic rings. The van der Waals surface area contributed by atoms with Crippen molar-refractivity contribution in [2.75, 3.05) is 5.73 Å². The minimum absolute atomic E-state index is 0.173. The first kappa shape index (κ1) is 21.3. The molecule has 0 bridgehead atoms. The Bertz CT molecular complexity index is 1510. The molecule has 34 heavy (non-hydrogen) atoms. The average molecular weight is 450 g/mol. The number of amides is 1. The number of nitrogen functional groups attached to an aromatic ring is 1. The Morgan fingerprint density at radius 2 is 1.74 bits per heavy atom. The fraction of sp³-hybridized carbons (Fsp3) is 0.0769. The third-order valence-corrected chi connectivity index (χ3v) is 5.62. The second-order valence-electron chi connectivity index (χ2n) is 7.96. The maximum atomic E-state index is 11.4. The predicted octanol–water partition coefficient (Wildman–Crippen LogP) is 3.22. The topological polar surface area (TPSA) is 139 Å². The van der Waals surface area contributed by atoms with E-state index in [1.165, 1.54) is 0 Å². The van der Waals surface area contributed by atoms with Crippen LogP contribution >= 0.6 is 0 Å². The molecule has 3 heterocycles. The SMILES string of the molecule is NCc1ccc(-n2c(-c3cccnc3N)nc3ccc(-c4cccc(CC(N)=O)c4)nc32)cc1. The number of benzene rings is 2. The smallest absolute Gasteiger partial charge is 0.221 e. The van der Waals surface area contributed by atoms with E-state index in [-0.39, 0.29) is 12.3 Å². The first-order valence-corrected chi connectivity index (χ1v) is 10.8. The van der Waals surface area contributed by atoms with E-state index in [9.17, 15) is 4.79 Å². The van der Waals surface area contributed by atoms with Crippen molar-refractivity contribution in [3.8, 4) is 28.3 Å². The number of hydrogen-bond acceptors (Lipinski definition) is 6. The largest absolute Gasteiger partial charge is 0.383 e. The normalized spacial score (nSPS) is 11.1. The summed E-state index contributed by atoms with van der Waals surface area (Å²) in [5.41, 5.74) is 23.9. The molecule has 0 atom stereocenters. The molecule has 3 aromatic heterocycles. The van der Waals surface area contributed by atoms with Gasteiger partial charge in [-0.25, -0.2) is 15.0 Å². The Labute approximate surface area is 196 Å². The van der Waals surface area contributed by atoms with Crippen LogP contribution in [0.15, 0.2) is 79.0 Å².